The summed E-state index contributed by atoms with van der Waals surface area (Å²) in [7, 11) is 0. The standard InChI is InChI=1S/C7H6F2N2O3/c1-4-3-10-6(14-7(8)9)2-5(4)11(12)13/h2-3,7H,1H3. The van der Waals surface area contributed by atoms with Crippen LogP contribution in [0.15, 0.2) is 12.3 Å². The number of rotatable bonds is 3. The molecule has 0 amide bonds. The number of hydrogen-bond donors (Lipinski definition) is 0. The third kappa shape index (κ3) is 2.35. The Labute approximate surface area is 77.5 Å². The van der Waals surface area contributed by atoms with Crippen LogP contribution >= 0.6 is 0 Å². The van der Waals surface area contributed by atoms with Gasteiger partial charge in [-0.05, 0) is 6.92 Å². The number of alkyl halides is 2. The van der Waals surface area contributed by atoms with Crippen molar-refractivity contribution in [2.45, 2.75) is 13.5 Å². The van der Waals surface area contributed by atoms with Crippen molar-refractivity contribution in [1.82, 2.24) is 4.98 Å². The lowest BCUT2D eigenvalue weighted by molar-refractivity contribution is -0.385. The van der Waals surface area contributed by atoms with Crippen LogP contribution < -0.4 is 4.74 Å². The van der Waals surface area contributed by atoms with E-state index in [-0.39, 0.29) is 11.3 Å². The molecule has 1 heterocycles. The molecule has 0 unspecified atom stereocenters. The summed E-state index contributed by atoms with van der Waals surface area (Å²) in [4.78, 5) is 13.2. The zero-order valence-electron chi connectivity index (χ0n) is 7.11. The zero-order chi connectivity index (χ0) is 10.7. The number of nitro groups is 1. The number of pyridine rings is 1. The maximum Gasteiger partial charge on any atom is 0.388 e. The molecule has 0 spiro atoms. The van der Waals surface area contributed by atoms with Crippen molar-refractivity contribution in [3.05, 3.63) is 27.9 Å². The van der Waals surface area contributed by atoms with E-state index >= 15 is 0 Å². The average Bonchev–Trinajstić information content (AvgIpc) is 2.07. The molecule has 1 aromatic rings. The van der Waals surface area contributed by atoms with E-state index < -0.39 is 17.4 Å². The predicted molar refractivity (Wildman–Crippen MR) is 42.3 cm³/mol. The van der Waals surface area contributed by atoms with Gasteiger partial charge >= 0.3 is 6.61 Å². The third-order valence-corrected chi connectivity index (χ3v) is 1.46. The van der Waals surface area contributed by atoms with Gasteiger partial charge in [-0.3, -0.25) is 10.1 Å². The molecule has 0 atom stereocenters. The van der Waals surface area contributed by atoms with Crippen molar-refractivity contribution in [1.29, 1.82) is 0 Å². The molecule has 0 aliphatic carbocycles. The lowest BCUT2D eigenvalue weighted by Gasteiger charge is -2.03. The number of hydrogen-bond acceptors (Lipinski definition) is 4. The SMILES string of the molecule is Cc1cnc(OC(F)F)cc1[N+](=O)[O-]. The van der Waals surface area contributed by atoms with Crippen LogP contribution in [0, 0.1) is 17.0 Å². The second-order valence-electron chi connectivity index (χ2n) is 2.44. The van der Waals surface area contributed by atoms with Gasteiger partial charge in [0.25, 0.3) is 5.69 Å². The summed E-state index contributed by atoms with van der Waals surface area (Å²) in [6, 6.07) is 0.863. The lowest BCUT2D eigenvalue weighted by Crippen LogP contribution is -2.04. The molecule has 0 fully saturated rings. The molecule has 0 aromatic carbocycles. The van der Waals surface area contributed by atoms with E-state index in [9.17, 15) is 18.9 Å². The van der Waals surface area contributed by atoms with E-state index in [1.165, 1.54) is 6.92 Å². The van der Waals surface area contributed by atoms with Gasteiger partial charge < -0.3 is 4.74 Å². The average molecular weight is 204 g/mol. The Hall–Kier alpha value is -1.79. The van der Waals surface area contributed by atoms with Crippen molar-refractivity contribution in [2.24, 2.45) is 0 Å². The van der Waals surface area contributed by atoms with Gasteiger partial charge in [0.05, 0.1) is 11.0 Å². The summed E-state index contributed by atoms with van der Waals surface area (Å²) < 4.78 is 27.4. The van der Waals surface area contributed by atoms with Crippen LogP contribution in [0.5, 0.6) is 5.88 Å². The number of ether oxygens (including phenoxy) is 1. The second kappa shape index (κ2) is 3.95. The van der Waals surface area contributed by atoms with Gasteiger partial charge in [0.1, 0.15) is 0 Å². The van der Waals surface area contributed by atoms with Crippen LogP contribution in [0.4, 0.5) is 14.5 Å². The molecule has 7 heteroatoms. The quantitative estimate of drug-likeness (QED) is 0.557. The molecular formula is C7H6F2N2O3. The highest BCUT2D eigenvalue weighted by Gasteiger charge is 2.14. The number of aryl methyl sites for hydroxylation is 1. The van der Waals surface area contributed by atoms with Crippen LogP contribution in [0.2, 0.25) is 0 Å². The van der Waals surface area contributed by atoms with Crippen molar-refractivity contribution >= 4 is 5.69 Å². The van der Waals surface area contributed by atoms with Crippen LogP contribution in [0.3, 0.4) is 0 Å². The van der Waals surface area contributed by atoms with E-state index in [4.69, 9.17) is 0 Å². The minimum atomic E-state index is -3.04. The summed E-state index contributed by atoms with van der Waals surface area (Å²) in [6.45, 7) is -1.58. The summed E-state index contributed by atoms with van der Waals surface area (Å²) in [5.41, 5.74) is -0.00716. The van der Waals surface area contributed by atoms with Gasteiger partial charge in [0, 0.05) is 11.8 Å². The van der Waals surface area contributed by atoms with Crippen LogP contribution in [-0.4, -0.2) is 16.5 Å². The lowest BCUT2D eigenvalue weighted by atomic mass is 10.3. The van der Waals surface area contributed by atoms with Gasteiger partial charge in [-0.1, -0.05) is 0 Å². The van der Waals surface area contributed by atoms with Crippen molar-refractivity contribution < 1.29 is 18.4 Å². The first-order valence-corrected chi connectivity index (χ1v) is 3.56. The Balaban J connectivity index is 3.00. The topological polar surface area (TPSA) is 65.3 Å². The van der Waals surface area contributed by atoms with E-state index in [0.717, 1.165) is 12.3 Å². The van der Waals surface area contributed by atoms with Gasteiger partial charge in [0.2, 0.25) is 5.88 Å². The van der Waals surface area contributed by atoms with Gasteiger partial charge in [-0.15, -0.1) is 0 Å². The smallest absolute Gasteiger partial charge is 0.388 e. The molecule has 76 valence electrons. The third-order valence-electron chi connectivity index (χ3n) is 1.46. The van der Waals surface area contributed by atoms with Gasteiger partial charge in [0.15, 0.2) is 0 Å². The molecule has 1 aromatic heterocycles. The minimum absolute atomic E-state index is 0.289. The number of nitrogens with zero attached hydrogens (tertiary/aromatic N) is 2. The molecule has 0 saturated carbocycles. The molecular weight excluding hydrogens is 198 g/mol. The zero-order valence-corrected chi connectivity index (χ0v) is 7.11. The van der Waals surface area contributed by atoms with Crippen molar-refractivity contribution in [2.75, 3.05) is 0 Å². The summed E-state index contributed by atoms with van der Waals surface area (Å²) in [6.07, 6.45) is 1.11. The highest BCUT2D eigenvalue weighted by atomic mass is 19.3. The largest absolute Gasteiger partial charge is 0.417 e. The fourth-order valence-electron chi connectivity index (χ4n) is 0.847. The van der Waals surface area contributed by atoms with Crippen molar-refractivity contribution in [3.63, 3.8) is 0 Å². The Morgan fingerprint density at radius 3 is 2.79 bits per heavy atom. The van der Waals surface area contributed by atoms with Gasteiger partial charge in [-0.2, -0.15) is 8.78 Å². The first-order valence-electron chi connectivity index (χ1n) is 3.56. The van der Waals surface area contributed by atoms with E-state index in [2.05, 4.69) is 9.72 Å². The van der Waals surface area contributed by atoms with Crippen LogP contribution in [-0.2, 0) is 0 Å². The van der Waals surface area contributed by atoms with Gasteiger partial charge in [-0.25, -0.2) is 4.98 Å². The van der Waals surface area contributed by atoms with Crippen LogP contribution in [0.25, 0.3) is 0 Å². The predicted octanol–water partition coefficient (Wildman–Crippen LogP) is 1.90. The highest BCUT2D eigenvalue weighted by Crippen LogP contribution is 2.22. The molecule has 0 radical (unpaired) electrons. The normalized spacial score (nSPS) is 10.3. The Kier molecular flexibility index (Phi) is 2.90. The fraction of sp³-hybridized carbons (Fsp3) is 0.286. The maximum atomic E-state index is 11.7. The first-order chi connectivity index (χ1) is 6.50. The molecule has 1 rings (SSSR count). The number of aromatic nitrogens is 1. The molecule has 0 saturated heterocycles. The van der Waals surface area contributed by atoms with Crippen molar-refractivity contribution in [3.8, 4) is 5.88 Å². The van der Waals surface area contributed by atoms with Crippen LogP contribution in [0.1, 0.15) is 5.56 Å². The first kappa shape index (κ1) is 10.3. The van der Waals surface area contributed by atoms with E-state index in [1.807, 2.05) is 0 Å². The second-order valence-corrected chi connectivity index (χ2v) is 2.44. The fourth-order valence-corrected chi connectivity index (χ4v) is 0.847. The molecule has 0 aliphatic heterocycles. The summed E-state index contributed by atoms with van der Waals surface area (Å²) in [5.74, 6) is -0.461. The summed E-state index contributed by atoms with van der Waals surface area (Å²) >= 11 is 0. The molecule has 5 nitrogen and oxygen atoms in total. The number of halogens is 2. The maximum absolute atomic E-state index is 11.7. The Morgan fingerprint density at radius 2 is 2.29 bits per heavy atom. The van der Waals surface area contributed by atoms with E-state index in [0.29, 0.717) is 0 Å². The Morgan fingerprint density at radius 1 is 1.64 bits per heavy atom. The molecule has 0 bridgehead atoms. The Bertz CT molecular complexity index is 357. The minimum Gasteiger partial charge on any atom is -0.417 e. The molecule has 14 heavy (non-hydrogen) atoms. The monoisotopic (exact) mass is 204 g/mol. The molecule has 0 N–H and O–H groups in total. The highest BCUT2D eigenvalue weighted by molar-refractivity contribution is 5.40. The summed E-state index contributed by atoms with van der Waals surface area (Å²) in [5, 5.41) is 10.4. The molecule has 0 aliphatic rings. The van der Waals surface area contributed by atoms with E-state index in [1.54, 1.807) is 0 Å².